The van der Waals surface area contributed by atoms with Crippen LogP contribution in [0.5, 0.6) is 0 Å². The quantitative estimate of drug-likeness (QED) is 0.741. The van der Waals surface area contributed by atoms with Crippen LogP contribution in [0.2, 0.25) is 0 Å². The minimum Gasteiger partial charge on any atom is -0.324 e. The summed E-state index contributed by atoms with van der Waals surface area (Å²) < 4.78 is 0. The van der Waals surface area contributed by atoms with Gasteiger partial charge in [-0.15, -0.1) is 0 Å². The van der Waals surface area contributed by atoms with Gasteiger partial charge in [0.2, 0.25) is 0 Å². The fourth-order valence-electron chi connectivity index (χ4n) is 2.27. The molecule has 1 heteroatoms. The highest BCUT2D eigenvalue weighted by molar-refractivity contribution is 5.34. The molecule has 0 aromatic heterocycles. The van der Waals surface area contributed by atoms with E-state index < -0.39 is 0 Å². The lowest BCUT2D eigenvalue weighted by Crippen LogP contribution is -2.19. The topological polar surface area (TPSA) is 26.0 Å². The first-order valence-corrected chi connectivity index (χ1v) is 6.81. The maximum Gasteiger partial charge on any atom is 0.0297 e. The Morgan fingerprint density at radius 1 is 1.12 bits per heavy atom. The Kier molecular flexibility index (Phi) is 5.20. The first-order chi connectivity index (χ1) is 7.96. The molecule has 1 rings (SSSR count). The van der Waals surface area contributed by atoms with Crippen molar-refractivity contribution >= 4 is 0 Å². The van der Waals surface area contributed by atoms with E-state index in [0.717, 1.165) is 6.42 Å². The molecule has 0 amide bonds. The maximum atomic E-state index is 6.33. The third kappa shape index (κ3) is 4.16. The number of hydrogen-bond donors (Lipinski definition) is 1. The Morgan fingerprint density at radius 3 is 2.35 bits per heavy atom. The molecule has 0 aliphatic rings. The third-order valence-electron chi connectivity index (χ3n) is 3.29. The van der Waals surface area contributed by atoms with Gasteiger partial charge in [-0.05, 0) is 23.0 Å². The lowest BCUT2D eigenvalue weighted by Gasteiger charge is -2.25. The zero-order chi connectivity index (χ0) is 12.9. The second kappa shape index (κ2) is 6.20. The van der Waals surface area contributed by atoms with Gasteiger partial charge in [0, 0.05) is 6.04 Å². The third-order valence-corrected chi connectivity index (χ3v) is 3.29. The van der Waals surface area contributed by atoms with Crippen molar-refractivity contribution in [3.63, 3.8) is 0 Å². The molecule has 1 nitrogen and oxygen atoms in total. The lowest BCUT2D eigenvalue weighted by atomic mass is 9.81. The van der Waals surface area contributed by atoms with Crippen molar-refractivity contribution in [1.29, 1.82) is 0 Å². The van der Waals surface area contributed by atoms with Gasteiger partial charge in [0.15, 0.2) is 0 Å². The van der Waals surface area contributed by atoms with Crippen molar-refractivity contribution in [2.75, 3.05) is 0 Å². The smallest absolute Gasteiger partial charge is 0.0297 e. The van der Waals surface area contributed by atoms with Crippen LogP contribution in [-0.2, 0) is 5.41 Å². The van der Waals surface area contributed by atoms with Gasteiger partial charge in [0.05, 0.1) is 0 Å². The van der Waals surface area contributed by atoms with Crippen molar-refractivity contribution in [3.8, 4) is 0 Å². The van der Waals surface area contributed by atoms with E-state index in [-0.39, 0.29) is 11.5 Å². The summed E-state index contributed by atoms with van der Waals surface area (Å²) >= 11 is 0. The Hall–Kier alpha value is -0.820. The fourth-order valence-corrected chi connectivity index (χ4v) is 2.27. The normalized spacial score (nSPS) is 13.7. The van der Waals surface area contributed by atoms with E-state index in [4.69, 9.17) is 5.73 Å². The highest BCUT2D eigenvalue weighted by Crippen LogP contribution is 2.30. The minimum absolute atomic E-state index is 0.180. The molecule has 0 heterocycles. The van der Waals surface area contributed by atoms with Crippen LogP contribution in [0, 0.1) is 0 Å². The first kappa shape index (κ1) is 14.2. The monoisotopic (exact) mass is 233 g/mol. The zero-order valence-electron chi connectivity index (χ0n) is 11.8. The van der Waals surface area contributed by atoms with Crippen LogP contribution in [0.4, 0.5) is 0 Å². The summed E-state index contributed by atoms with van der Waals surface area (Å²) in [5.41, 5.74) is 9.24. The first-order valence-electron chi connectivity index (χ1n) is 6.81. The highest BCUT2D eigenvalue weighted by atomic mass is 14.6. The Labute approximate surface area is 106 Å². The highest BCUT2D eigenvalue weighted by Gasteiger charge is 2.20. The van der Waals surface area contributed by atoms with E-state index in [0.29, 0.717) is 0 Å². The number of benzene rings is 1. The van der Waals surface area contributed by atoms with Crippen LogP contribution in [-0.4, -0.2) is 0 Å². The van der Waals surface area contributed by atoms with Crippen LogP contribution in [0.15, 0.2) is 24.3 Å². The molecule has 17 heavy (non-hydrogen) atoms. The zero-order valence-corrected chi connectivity index (χ0v) is 11.8. The molecule has 0 saturated carbocycles. The summed E-state index contributed by atoms with van der Waals surface area (Å²) in [6.45, 7) is 8.99. The second-order valence-electron chi connectivity index (χ2n) is 5.94. The summed E-state index contributed by atoms with van der Waals surface area (Å²) in [5.74, 6) is 0. The number of unbranched alkanes of at least 4 members (excludes halogenated alkanes) is 2. The van der Waals surface area contributed by atoms with Crippen LogP contribution in [0.25, 0.3) is 0 Å². The van der Waals surface area contributed by atoms with Gasteiger partial charge in [-0.3, -0.25) is 0 Å². The Balaban J connectivity index is 2.82. The maximum absolute atomic E-state index is 6.33. The number of hydrogen-bond acceptors (Lipinski definition) is 1. The molecule has 0 saturated heterocycles. The van der Waals surface area contributed by atoms with Crippen LogP contribution in [0.1, 0.15) is 70.5 Å². The van der Waals surface area contributed by atoms with Crippen LogP contribution in [0.3, 0.4) is 0 Å². The average molecular weight is 233 g/mol. The molecule has 96 valence electrons. The van der Waals surface area contributed by atoms with Gasteiger partial charge < -0.3 is 5.73 Å². The average Bonchev–Trinajstić information content (AvgIpc) is 2.28. The predicted octanol–water partition coefficient (Wildman–Crippen LogP) is 4.56. The van der Waals surface area contributed by atoms with Gasteiger partial charge in [-0.1, -0.05) is 71.2 Å². The molecular weight excluding hydrogens is 206 g/mol. The van der Waals surface area contributed by atoms with E-state index in [9.17, 15) is 0 Å². The molecule has 1 aromatic rings. The molecule has 1 atom stereocenters. The summed E-state index contributed by atoms with van der Waals surface area (Å²) in [5, 5.41) is 0. The molecule has 0 aliphatic heterocycles. The van der Waals surface area contributed by atoms with Gasteiger partial charge in [-0.25, -0.2) is 0 Å². The number of rotatable bonds is 5. The van der Waals surface area contributed by atoms with Crippen LogP contribution >= 0.6 is 0 Å². The Morgan fingerprint density at radius 2 is 1.76 bits per heavy atom. The van der Waals surface area contributed by atoms with Crippen molar-refractivity contribution in [2.24, 2.45) is 5.73 Å². The summed E-state index contributed by atoms with van der Waals surface area (Å²) in [6, 6.07) is 8.82. The number of nitrogens with two attached hydrogens (primary N) is 1. The van der Waals surface area contributed by atoms with Gasteiger partial charge in [0.1, 0.15) is 0 Å². The van der Waals surface area contributed by atoms with Gasteiger partial charge in [-0.2, -0.15) is 0 Å². The minimum atomic E-state index is 0.180. The second-order valence-corrected chi connectivity index (χ2v) is 5.94. The summed E-state index contributed by atoms with van der Waals surface area (Å²) in [4.78, 5) is 0. The standard InChI is InChI=1S/C16H27N/c1-5-6-7-12-15(17)13-10-8-9-11-14(13)16(2,3)4/h8-11,15H,5-7,12,17H2,1-4H3. The summed E-state index contributed by atoms with van der Waals surface area (Å²) in [7, 11) is 0. The van der Waals surface area contributed by atoms with E-state index in [1.807, 2.05) is 0 Å². The van der Waals surface area contributed by atoms with Gasteiger partial charge in [0.25, 0.3) is 0 Å². The largest absolute Gasteiger partial charge is 0.324 e. The van der Waals surface area contributed by atoms with Crippen molar-refractivity contribution in [1.82, 2.24) is 0 Å². The Bertz CT molecular complexity index is 336. The fraction of sp³-hybridized carbons (Fsp3) is 0.625. The van der Waals surface area contributed by atoms with E-state index in [2.05, 4.69) is 52.0 Å². The molecule has 1 unspecified atom stereocenters. The molecule has 0 aliphatic carbocycles. The lowest BCUT2D eigenvalue weighted by molar-refractivity contribution is 0.542. The van der Waals surface area contributed by atoms with E-state index >= 15 is 0 Å². The van der Waals surface area contributed by atoms with Crippen molar-refractivity contribution < 1.29 is 0 Å². The SMILES string of the molecule is CCCCCC(N)c1ccccc1C(C)(C)C. The summed E-state index contributed by atoms with van der Waals surface area (Å²) in [6.07, 6.45) is 4.87. The molecule has 0 spiro atoms. The molecule has 0 bridgehead atoms. The molecule has 1 aromatic carbocycles. The van der Waals surface area contributed by atoms with E-state index in [1.54, 1.807) is 0 Å². The van der Waals surface area contributed by atoms with Crippen molar-refractivity contribution in [3.05, 3.63) is 35.4 Å². The van der Waals surface area contributed by atoms with Crippen molar-refractivity contribution in [2.45, 2.75) is 64.8 Å². The van der Waals surface area contributed by atoms with Crippen LogP contribution < -0.4 is 5.73 Å². The van der Waals surface area contributed by atoms with Gasteiger partial charge >= 0.3 is 0 Å². The molecular formula is C16H27N. The predicted molar refractivity (Wildman–Crippen MR) is 76.2 cm³/mol. The van der Waals surface area contributed by atoms with E-state index in [1.165, 1.54) is 30.4 Å². The molecule has 2 N–H and O–H groups in total. The molecule has 0 fully saturated rings. The molecule has 0 radical (unpaired) electrons.